The normalized spacial score (nSPS) is 12.3. The van der Waals surface area contributed by atoms with Crippen molar-refractivity contribution in [1.29, 1.82) is 0 Å². The second-order valence-electron chi connectivity index (χ2n) is 12.9. The molecule has 48 heavy (non-hydrogen) atoms. The molecule has 0 aliphatic carbocycles. The summed E-state index contributed by atoms with van der Waals surface area (Å²) in [6.07, 6.45) is -4.68. The molecule has 3 amide bonds. The molecule has 0 heterocycles. The average molecular weight is 662 g/mol. The van der Waals surface area contributed by atoms with Gasteiger partial charge in [0.1, 0.15) is 6.04 Å². The summed E-state index contributed by atoms with van der Waals surface area (Å²) >= 11 is 0. The molecule has 4 aromatic rings. The standard InChI is InChI=1S/C37H42F3N5O3/c1-23-10-12-28(24(2)16-23)20-41-21-32(35(48)45-36(3,4)5)44-33(46)22-43-34(47)30-18-29(37(38,39)40)14-15-31(30)42-19-25-11-13-26-8-6-7-9-27(26)17-25/h6-18,32,41-42H,19-22H2,1-5H3,(H,43,47)(H,44,46)(H,45,48). The Morgan fingerprint density at radius 2 is 1.54 bits per heavy atom. The lowest BCUT2D eigenvalue weighted by Crippen LogP contribution is -2.56. The van der Waals surface area contributed by atoms with E-state index >= 15 is 0 Å². The van der Waals surface area contributed by atoms with E-state index < -0.39 is 47.6 Å². The van der Waals surface area contributed by atoms with Gasteiger partial charge < -0.3 is 26.6 Å². The van der Waals surface area contributed by atoms with Crippen molar-refractivity contribution in [2.75, 3.05) is 18.4 Å². The predicted molar refractivity (Wildman–Crippen MR) is 183 cm³/mol. The molecular formula is C37H42F3N5O3. The van der Waals surface area contributed by atoms with Crippen LogP contribution in [0.2, 0.25) is 0 Å². The number of hydrogen-bond acceptors (Lipinski definition) is 5. The van der Waals surface area contributed by atoms with Crippen LogP contribution in [0.4, 0.5) is 18.9 Å². The molecule has 8 nitrogen and oxygen atoms in total. The number of anilines is 1. The monoisotopic (exact) mass is 661 g/mol. The molecule has 0 aliphatic heterocycles. The maximum Gasteiger partial charge on any atom is 0.416 e. The molecule has 0 fully saturated rings. The molecule has 4 aromatic carbocycles. The summed E-state index contributed by atoms with van der Waals surface area (Å²) in [5, 5.41) is 16.2. The number of aryl methyl sites for hydroxylation is 2. The van der Waals surface area contributed by atoms with E-state index in [2.05, 4.69) is 32.7 Å². The Bertz CT molecular complexity index is 1780. The quantitative estimate of drug-likeness (QED) is 0.128. The number of halogens is 3. The SMILES string of the molecule is Cc1ccc(CNCC(NC(=O)CNC(=O)c2cc(C(F)(F)F)ccc2NCc2ccc3ccccc3c2)C(=O)NC(C)(C)C)c(C)c1. The summed E-state index contributed by atoms with van der Waals surface area (Å²) in [6.45, 7) is 9.68. The van der Waals surface area contributed by atoms with E-state index in [1.807, 2.05) is 89.2 Å². The van der Waals surface area contributed by atoms with Crippen molar-refractivity contribution in [3.63, 3.8) is 0 Å². The first-order chi connectivity index (χ1) is 22.6. The summed E-state index contributed by atoms with van der Waals surface area (Å²) in [5.74, 6) is -1.97. The molecule has 0 radical (unpaired) electrons. The second kappa shape index (κ2) is 15.3. The van der Waals surface area contributed by atoms with Gasteiger partial charge in [-0.05, 0) is 86.3 Å². The van der Waals surface area contributed by atoms with Crippen LogP contribution >= 0.6 is 0 Å². The predicted octanol–water partition coefficient (Wildman–Crippen LogP) is 6.01. The summed E-state index contributed by atoms with van der Waals surface area (Å²) in [5.41, 5.74) is 2.47. The van der Waals surface area contributed by atoms with Gasteiger partial charge in [-0.3, -0.25) is 14.4 Å². The topological polar surface area (TPSA) is 111 Å². The maximum atomic E-state index is 13.6. The highest BCUT2D eigenvalue weighted by Gasteiger charge is 2.32. The van der Waals surface area contributed by atoms with Gasteiger partial charge in [-0.1, -0.05) is 60.2 Å². The summed E-state index contributed by atoms with van der Waals surface area (Å²) in [6, 6.07) is 21.5. The number of rotatable bonds is 12. The number of carbonyl (C=O) groups is 3. The molecule has 0 saturated carbocycles. The van der Waals surface area contributed by atoms with Crippen LogP contribution in [0.3, 0.4) is 0 Å². The van der Waals surface area contributed by atoms with Gasteiger partial charge in [-0.2, -0.15) is 13.2 Å². The highest BCUT2D eigenvalue weighted by atomic mass is 19.4. The molecule has 0 bridgehead atoms. The van der Waals surface area contributed by atoms with Gasteiger partial charge in [0.25, 0.3) is 5.91 Å². The van der Waals surface area contributed by atoms with Gasteiger partial charge in [0.05, 0.1) is 17.7 Å². The molecule has 5 N–H and O–H groups in total. The van der Waals surface area contributed by atoms with E-state index in [0.29, 0.717) is 6.54 Å². The average Bonchev–Trinajstić information content (AvgIpc) is 3.01. The first-order valence-electron chi connectivity index (χ1n) is 15.7. The lowest BCUT2D eigenvalue weighted by molar-refractivity contribution is -0.137. The molecule has 0 saturated heterocycles. The van der Waals surface area contributed by atoms with E-state index in [4.69, 9.17) is 0 Å². The van der Waals surface area contributed by atoms with Crippen LogP contribution in [-0.4, -0.2) is 42.4 Å². The Labute approximate surface area is 278 Å². The largest absolute Gasteiger partial charge is 0.416 e. The minimum atomic E-state index is -4.68. The number of hydrogen-bond donors (Lipinski definition) is 5. The zero-order valence-electron chi connectivity index (χ0n) is 27.8. The van der Waals surface area contributed by atoms with Crippen molar-refractivity contribution in [3.8, 4) is 0 Å². The number of nitrogens with one attached hydrogen (secondary N) is 5. The molecule has 1 atom stereocenters. The van der Waals surface area contributed by atoms with Crippen molar-refractivity contribution in [2.45, 2.75) is 65.5 Å². The van der Waals surface area contributed by atoms with E-state index in [9.17, 15) is 27.6 Å². The van der Waals surface area contributed by atoms with Crippen molar-refractivity contribution < 1.29 is 27.6 Å². The van der Waals surface area contributed by atoms with Gasteiger partial charge in [-0.25, -0.2) is 0 Å². The fourth-order valence-corrected chi connectivity index (χ4v) is 5.17. The fraction of sp³-hybridized carbons (Fsp3) is 0.324. The molecule has 4 rings (SSSR count). The Morgan fingerprint density at radius 3 is 2.23 bits per heavy atom. The maximum absolute atomic E-state index is 13.6. The number of alkyl halides is 3. The lowest BCUT2D eigenvalue weighted by Gasteiger charge is -2.26. The Morgan fingerprint density at radius 1 is 0.812 bits per heavy atom. The van der Waals surface area contributed by atoms with Crippen molar-refractivity contribution >= 4 is 34.2 Å². The van der Waals surface area contributed by atoms with Crippen LogP contribution in [-0.2, 0) is 28.9 Å². The Balaban J connectivity index is 1.43. The Hall–Kier alpha value is -4.90. The summed E-state index contributed by atoms with van der Waals surface area (Å²) in [7, 11) is 0. The molecule has 0 aliphatic rings. The summed E-state index contributed by atoms with van der Waals surface area (Å²) in [4.78, 5) is 39.3. The lowest BCUT2D eigenvalue weighted by atomic mass is 10.1. The molecule has 0 spiro atoms. The van der Waals surface area contributed by atoms with Gasteiger partial charge >= 0.3 is 6.18 Å². The van der Waals surface area contributed by atoms with Gasteiger partial charge in [0.2, 0.25) is 11.8 Å². The van der Waals surface area contributed by atoms with Crippen molar-refractivity contribution in [2.24, 2.45) is 0 Å². The fourth-order valence-electron chi connectivity index (χ4n) is 5.17. The molecule has 1 unspecified atom stereocenters. The van der Waals surface area contributed by atoms with Crippen LogP contribution in [0.25, 0.3) is 10.8 Å². The van der Waals surface area contributed by atoms with Gasteiger partial charge in [0.15, 0.2) is 0 Å². The van der Waals surface area contributed by atoms with E-state index in [0.717, 1.165) is 45.2 Å². The van der Waals surface area contributed by atoms with Crippen LogP contribution in [0.1, 0.15) is 58.9 Å². The van der Waals surface area contributed by atoms with Crippen molar-refractivity contribution in [1.82, 2.24) is 21.3 Å². The highest BCUT2D eigenvalue weighted by Crippen LogP contribution is 2.32. The number of fused-ring (bicyclic) bond motifs is 1. The van der Waals surface area contributed by atoms with Crippen LogP contribution in [0, 0.1) is 13.8 Å². The molecule has 11 heteroatoms. The minimum Gasteiger partial charge on any atom is -0.380 e. The second-order valence-corrected chi connectivity index (χ2v) is 12.9. The molecular weight excluding hydrogens is 619 g/mol. The smallest absolute Gasteiger partial charge is 0.380 e. The number of amides is 3. The highest BCUT2D eigenvalue weighted by molar-refractivity contribution is 6.01. The Kier molecular flexibility index (Phi) is 11.5. The van der Waals surface area contributed by atoms with E-state index in [1.54, 1.807) is 0 Å². The van der Waals surface area contributed by atoms with Gasteiger partial charge in [0, 0.05) is 30.9 Å². The molecule has 0 aromatic heterocycles. The molecule has 254 valence electrons. The summed E-state index contributed by atoms with van der Waals surface area (Å²) < 4.78 is 40.8. The zero-order valence-corrected chi connectivity index (χ0v) is 27.8. The third-order valence-corrected chi connectivity index (χ3v) is 7.61. The van der Waals surface area contributed by atoms with E-state index in [1.165, 1.54) is 6.07 Å². The van der Waals surface area contributed by atoms with Crippen LogP contribution in [0.15, 0.2) is 78.9 Å². The van der Waals surface area contributed by atoms with Crippen molar-refractivity contribution in [3.05, 3.63) is 112 Å². The van der Waals surface area contributed by atoms with E-state index in [-0.39, 0.29) is 24.3 Å². The third-order valence-electron chi connectivity index (χ3n) is 7.61. The van der Waals surface area contributed by atoms with Gasteiger partial charge in [-0.15, -0.1) is 0 Å². The number of carbonyl (C=O) groups excluding carboxylic acids is 3. The first kappa shape index (κ1) is 35.9. The first-order valence-corrected chi connectivity index (χ1v) is 15.7. The number of benzene rings is 4. The third kappa shape index (κ3) is 10.3. The zero-order chi connectivity index (χ0) is 35.1. The minimum absolute atomic E-state index is 0.103. The van der Waals surface area contributed by atoms with Crippen LogP contribution in [0.5, 0.6) is 0 Å². The van der Waals surface area contributed by atoms with Crippen LogP contribution < -0.4 is 26.6 Å².